The molecule has 0 radical (unpaired) electrons. The van der Waals surface area contributed by atoms with Crippen molar-refractivity contribution in [2.45, 2.75) is 13.8 Å². The van der Waals surface area contributed by atoms with E-state index in [2.05, 4.69) is 29.6 Å². The molecule has 4 rings (SSSR count). The Kier molecular flexibility index (Phi) is 5.62. The fraction of sp³-hybridized carbons (Fsp3) is 0.111. The second-order valence-electron chi connectivity index (χ2n) is 7.34. The number of benzene rings is 4. The third kappa shape index (κ3) is 3.97. The molecule has 0 saturated carbocycles. The van der Waals surface area contributed by atoms with Crippen LogP contribution in [0.25, 0.3) is 33.4 Å². The zero-order chi connectivity index (χ0) is 21.1. The molecule has 0 aromatic heterocycles. The topological polar surface area (TPSA) is 12.0 Å². The van der Waals surface area contributed by atoms with Crippen molar-refractivity contribution in [3.63, 3.8) is 0 Å². The molecular weight excluding hydrogens is 376 g/mol. The predicted octanol–water partition coefficient (Wildman–Crippen LogP) is 7.71. The van der Waals surface area contributed by atoms with E-state index in [4.69, 9.17) is 0 Å². The van der Waals surface area contributed by atoms with Gasteiger partial charge in [-0.1, -0.05) is 78.4 Å². The van der Waals surface area contributed by atoms with Crippen LogP contribution in [-0.2, 0) is 0 Å². The summed E-state index contributed by atoms with van der Waals surface area (Å²) in [7, 11) is 0. The Balaban J connectivity index is 1.64. The number of anilines is 1. The van der Waals surface area contributed by atoms with Crippen LogP contribution in [0.4, 0.5) is 14.5 Å². The Hall–Kier alpha value is -3.46. The third-order valence-electron chi connectivity index (χ3n) is 5.24. The second-order valence-corrected chi connectivity index (χ2v) is 7.34. The molecule has 150 valence electrons. The van der Waals surface area contributed by atoms with E-state index in [0.29, 0.717) is 11.1 Å². The van der Waals surface area contributed by atoms with Gasteiger partial charge >= 0.3 is 0 Å². The van der Waals surface area contributed by atoms with Crippen molar-refractivity contribution in [1.29, 1.82) is 0 Å². The highest BCUT2D eigenvalue weighted by Crippen LogP contribution is 2.33. The maximum absolute atomic E-state index is 14.9. The van der Waals surface area contributed by atoms with Gasteiger partial charge in [-0.15, -0.1) is 0 Å². The normalized spacial score (nSPS) is 10.8. The van der Waals surface area contributed by atoms with Gasteiger partial charge < -0.3 is 5.32 Å². The number of nitrogens with one attached hydrogen (secondary N) is 1. The molecule has 4 aromatic rings. The van der Waals surface area contributed by atoms with Crippen molar-refractivity contribution in [2.75, 3.05) is 11.9 Å². The summed E-state index contributed by atoms with van der Waals surface area (Å²) in [5.41, 5.74) is 6.10. The van der Waals surface area contributed by atoms with Crippen molar-refractivity contribution < 1.29 is 8.78 Å². The first kappa shape index (κ1) is 19.8. The highest BCUT2D eigenvalue weighted by molar-refractivity contribution is 5.74. The van der Waals surface area contributed by atoms with Crippen LogP contribution in [0.3, 0.4) is 0 Å². The summed E-state index contributed by atoms with van der Waals surface area (Å²) in [4.78, 5) is 0. The summed E-state index contributed by atoms with van der Waals surface area (Å²) in [5, 5.41) is 3.19. The zero-order valence-corrected chi connectivity index (χ0v) is 17.0. The average Bonchev–Trinajstić information content (AvgIpc) is 2.77. The van der Waals surface area contributed by atoms with Crippen molar-refractivity contribution in [2.24, 2.45) is 0 Å². The van der Waals surface area contributed by atoms with E-state index >= 15 is 0 Å². The number of aryl methyl sites for hydroxylation is 1. The monoisotopic (exact) mass is 399 g/mol. The Morgan fingerprint density at radius 2 is 0.967 bits per heavy atom. The zero-order valence-electron chi connectivity index (χ0n) is 17.0. The molecule has 4 aromatic carbocycles. The van der Waals surface area contributed by atoms with Crippen LogP contribution in [0.5, 0.6) is 0 Å². The molecule has 0 heterocycles. The quantitative estimate of drug-likeness (QED) is 0.362. The van der Waals surface area contributed by atoms with E-state index in [-0.39, 0.29) is 11.1 Å². The Morgan fingerprint density at radius 1 is 0.567 bits per heavy atom. The van der Waals surface area contributed by atoms with Gasteiger partial charge in [0.1, 0.15) is 0 Å². The van der Waals surface area contributed by atoms with Gasteiger partial charge in [0.05, 0.1) is 0 Å². The summed E-state index contributed by atoms with van der Waals surface area (Å²) >= 11 is 0. The molecule has 1 N–H and O–H groups in total. The van der Waals surface area contributed by atoms with E-state index in [0.717, 1.165) is 23.4 Å². The third-order valence-corrected chi connectivity index (χ3v) is 5.24. The molecule has 0 saturated heterocycles. The van der Waals surface area contributed by atoms with Gasteiger partial charge in [0.25, 0.3) is 0 Å². The highest BCUT2D eigenvalue weighted by Gasteiger charge is 2.16. The molecule has 3 heteroatoms. The molecule has 0 spiro atoms. The minimum absolute atomic E-state index is 0.260. The largest absolute Gasteiger partial charge is 0.385 e. The van der Waals surface area contributed by atoms with E-state index in [1.807, 2.05) is 50.2 Å². The predicted molar refractivity (Wildman–Crippen MR) is 122 cm³/mol. The summed E-state index contributed by atoms with van der Waals surface area (Å²) in [6.07, 6.45) is 0. The molecule has 0 aliphatic heterocycles. The van der Waals surface area contributed by atoms with Gasteiger partial charge in [0.15, 0.2) is 11.6 Å². The van der Waals surface area contributed by atoms with Crippen LogP contribution in [0.2, 0.25) is 0 Å². The standard InChI is InChI=1S/C27H23F2N/c1-3-30-23-14-12-22(13-15-23)25-17-16-24(26(28)27(25)29)21-10-8-20(9-11-21)19-6-4-18(2)5-7-19/h4-17,30H,3H2,1-2H3. The molecule has 0 fully saturated rings. The first-order chi connectivity index (χ1) is 14.6. The SMILES string of the molecule is CCNc1ccc(-c2ccc(-c3ccc(-c4ccc(C)cc4)cc3)c(F)c2F)cc1. The average molecular weight is 399 g/mol. The van der Waals surface area contributed by atoms with Crippen molar-refractivity contribution >= 4 is 5.69 Å². The fourth-order valence-corrected chi connectivity index (χ4v) is 3.56. The summed E-state index contributed by atoms with van der Waals surface area (Å²) < 4.78 is 29.8. The van der Waals surface area contributed by atoms with E-state index in [9.17, 15) is 8.78 Å². The van der Waals surface area contributed by atoms with Crippen molar-refractivity contribution in [3.05, 3.63) is 102 Å². The Labute approximate surface area is 176 Å². The minimum Gasteiger partial charge on any atom is -0.385 e. The Bertz CT molecular complexity index is 1150. The molecule has 30 heavy (non-hydrogen) atoms. The van der Waals surface area contributed by atoms with Crippen molar-refractivity contribution in [1.82, 2.24) is 0 Å². The number of halogens is 2. The minimum atomic E-state index is -0.827. The maximum atomic E-state index is 14.9. The van der Waals surface area contributed by atoms with Gasteiger partial charge in [-0.05, 0) is 48.2 Å². The van der Waals surface area contributed by atoms with Gasteiger partial charge in [0, 0.05) is 23.4 Å². The van der Waals surface area contributed by atoms with Gasteiger partial charge in [-0.3, -0.25) is 0 Å². The molecule has 0 bridgehead atoms. The smallest absolute Gasteiger partial charge is 0.167 e. The second kappa shape index (κ2) is 8.50. The van der Waals surface area contributed by atoms with E-state index in [1.54, 1.807) is 24.3 Å². The van der Waals surface area contributed by atoms with Crippen LogP contribution < -0.4 is 5.32 Å². The molecule has 0 amide bonds. The van der Waals surface area contributed by atoms with Gasteiger partial charge in [0.2, 0.25) is 0 Å². The molecular formula is C27H23F2N. The Morgan fingerprint density at radius 3 is 1.43 bits per heavy atom. The van der Waals surface area contributed by atoms with Crippen LogP contribution >= 0.6 is 0 Å². The van der Waals surface area contributed by atoms with Gasteiger partial charge in [-0.25, -0.2) is 8.78 Å². The first-order valence-corrected chi connectivity index (χ1v) is 10.1. The highest BCUT2D eigenvalue weighted by atomic mass is 19.2. The molecule has 1 nitrogen and oxygen atoms in total. The first-order valence-electron chi connectivity index (χ1n) is 10.1. The lowest BCUT2D eigenvalue weighted by atomic mass is 9.96. The van der Waals surface area contributed by atoms with Crippen LogP contribution in [-0.4, -0.2) is 6.54 Å². The number of hydrogen-bond acceptors (Lipinski definition) is 1. The lowest BCUT2D eigenvalue weighted by Crippen LogP contribution is -1.97. The lowest BCUT2D eigenvalue weighted by Gasteiger charge is -2.11. The van der Waals surface area contributed by atoms with Crippen LogP contribution in [0.15, 0.2) is 84.9 Å². The summed E-state index contributed by atoms with van der Waals surface area (Å²) in [6.45, 7) is 4.86. The van der Waals surface area contributed by atoms with Crippen LogP contribution in [0, 0.1) is 18.6 Å². The summed E-state index contributed by atoms with van der Waals surface area (Å²) in [5.74, 6) is -1.65. The lowest BCUT2D eigenvalue weighted by molar-refractivity contribution is 0.514. The molecule has 0 aliphatic rings. The van der Waals surface area contributed by atoms with Crippen LogP contribution in [0.1, 0.15) is 12.5 Å². The molecule has 0 atom stereocenters. The van der Waals surface area contributed by atoms with E-state index < -0.39 is 11.6 Å². The van der Waals surface area contributed by atoms with Crippen molar-refractivity contribution in [3.8, 4) is 33.4 Å². The maximum Gasteiger partial charge on any atom is 0.167 e. The molecule has 0 unspecified atom stereocenters. The number of hydrogen-bond donors (Lipinski definition) is 1. The molecule has 0 aliphatic carbocycles. The summed E-state index contributed by atoms with van der Waals surface area (Å²) in [6, 6.07) is 26.4. The van der Waals surface area contributed by atoms with E-state index in [1.165, 1.54) is 5.56 Å². The number of rotatable bonds is 5. The fourth-order valence-electron chi connectivity index (χ4n) is 3.56. The van der Waals surface area contributed by atoms with Gasteiger partial charge in [-0.2, -0.15) is 0 Å².